The standard InChI is InChI=1S/C27H20N2O6S/c28-26(36)19-7-10-23(11-8-19)34-25(30)14-18-3-6-22-15-24(12-9-21(22)13-18)35-27(31)20-4-1-17(2-5-20)16-29(32)33/h1-13,15H,14,16H2,(H2,28,36). The van der Waals surface area contributed by atoms with Crippen molar-refractivity contribution in [2.24, 2.45) is 5.73 Å². The second kappa shape index (κ2) is 10.7. The number of benzene rings is 4. The predicted molar refractivity (Wildman–Crippen MR) is 138 cm³/mol. The number of esters is 2. The van der Waals surface area contributed by atoms with Crippen LogP contribution < -0.4 is 15.2 Å². The van der Waals surface area contributed by atoms with Gasteiger partial charge in [0, 0.05) is 16.1 Å². The van der Waals surface area contributed by atoms with Gasteiger partial charge >= 0.3 is 11.9 Å². The highest BCUT2D eigenvalue weighted by atomic mass is 32.1. The maximum Gasteiger partial charge on any atom is 0.343 e. The highest BCUT2D eigenvalue weighted by Gasteiger charge is 2.12. The molecule has 4 aromatic rings. The number of nitrogens with two attached hydrogens (primary N) is 1. The molecule has 0 radical (unpaired) electrons. The number of ether oxygens (including phenoxy) is 2. The van der Waals surface area contributed by atoms with E-state index in [-0.39, 0.29) is 23.5 Å². The van der Waals surface area contributed by atoms with E-state index in [9.17, 15) is 19.7 Å². The number of thiocarbonyl (C=S) groups is 1. The molecule has 0 aliphatic carbocycles. The van der Waals surface area contributed by atoms with Crippen LogP contribution in [0.1, 0.15) is 27.0 Å². The van der Waals surface area contributed by atoms with E-state index in [2.05, 4.69) is 0 Å². The fourth-order valence-corrected chi connectivity index (χ4v) is 3.67. The minimum absolute atomic E-state index is 0.0795. The van der Waals surface area contributed by atoms with Crippen LogP contribution in [0.15, 0.2) is 84.9 Å². The Morgan fingerprint density at radius 1 is 0.778 bits per heavy atom. The molecule has 0 aliphatic rings. The summed E-state index contributed by atoms with van der Waals surface area (Å²) in [5.74, 6) is -0.219. The van der Waals surface area contributed by atoms with Crippen molar-refractivity contribution in [3.8, 4) is 11.5 Å². The van der Waals surface area contributed by atoms with Crippen LogP contribution in [-0.4, -0.2) is 21.9 Å². The molecule has 0 saturated carbocycles. The summed E-state index contributed by atoms with van der Waals surface area (Å²) in [5, 5.41) is 12.3. The lowest BCUT2D eigenvalue weighted by atomic mass is 10.0. The maximum absolute atomic E-state index is 12.4. The van der Waals surface area contributed by atoms with Gasteiger partial charge in [-0.05, 0) is 64.9 Å². The average molecular weight is 501 g/mol. The van der Waals surface area contributed by atoms with Crippen LogP contribution in [0.25, 0.3) is 10.8 Å². The van der Waals surface area contributed by atoms with Crippen molar-refractivity contribution in [3.63, 3.8) is 0 Å². The van der Waals surface area contributed by atoms with E-state index in [1.807, 2.05) is 12.1 Å². The molecule has 4 aromatic carbocycles. The second-order valence-corrected chi connectivity index (χ2v) is 8.40. The first-order chi connectivity index (χ1) is 17.3. The molecule has 0 unspecified atom stereocenters. The van der Waals surface area contributed by atoms with Crippen LogP contribution in [0, 0.1) is 10.1 Å². The van der Waals surface area contributed by atoms with E-state index in [0.717, 1.165) is 16.3 Å². The molecule has 0 aliphatic heterocycles. The Bertz CT molecular complexity index is 1470. The van der Waals surface area contributed by atoms with Gasteiger partial charge in [-0.25, -0.2) is 4.79 Å². The lowest BCUT2D eigenvalue weighted by Gasteiger charge is -2.08. The Morgan fingerprint density at radius 2 is 1.36 bits per heavy atom. The summed E-state index contributed by atoms with van der Waals surface area (Å²) in [6.07, 6.45) is 0.0795. The first-order valence-corrected chi connectivity index (χ1v) is 11.2. The molecule has 0 aromatic heterocycles. The van der Waals surface area contributed by atoms with Gasteiger partial charge < -0.3 is 15.2 Å². The number of carbonyl (C=O) groups is 2. The van der Waals surface area contributed by atoms with Gasteiger partial charge in [-0.1, -0.05) is 48.6 Å². The molecule has 0 spiro atoms. The lowest BCUT2D eigenvalue weighted by Crippen LogP contribution is -2.12. The molecule has 0 amide bonds. The largest absolute Gasteiger partial charge is 0.426 e. The highest BCUT2D eigenvalue weighted by molar-refractivity contribution is 7.80. The fourth-order valence-electron chi connectivity index (χ4n) is 3.53. The van der Waals surface area contributed by atoms with Crippen molar-refractivity contribution < 1.29 is 24.0 Å². The zero-order valence-electron chi connectivity index (χ0n) is 18.9. The molecule has 0 bridgehead atoms. The molecule has 2 N–H and O–H groups in total. The molecule has 9 heteroatoms. The van der Waals surface area contributed by atoms with Gasteiger partial charge in [-0.15, -0.1) is 0 Å². The van der Waals surface area contributed by atoms with E-state index in [0.29, 0.717) is 22.6 Å². The average Bonchev–Trinajstić information content (AvgIpc) is 2.84. The van der Waals surface area contributed by atoms with Gasteiger partial charge in [0.25, 0.3) is 0 Å². The number of hydrogen-bond acceptors (Lipinski definition) is 7. The van der Waals surface area contributed by atoms with Crippen LogP contribution >= 0.6 is 12.2 Å². The van der Waals surface area contributed by atoms with E-state index in [1.165, 1.54) is 24.3 Å². The number of nitro groups is 1. The minimum atomic E-state index is -0.567. The summed E-state index contributed by atoms with van der Waals surface area (Å²) >= 11 is 4.91. The summed E-state index contributed by atoms with van der Waals surface area (Å²) in [6.45, 7) is -0.309. The zero-order chi connectivity index (χ0) is 25.7. The number of rotatable bonds is 8. The van der Waals surface area contributed by atoms with Crippen molar-refractivity contribution in [3.05, 3.63) is 117 Å². The third kappa shape index (κ3) is 6.28. The third-order valence-electron chi connectivity index (χ3n) is 5.31. The van der Waals surface area contributed by atoms with Gasteiger partial charge in [0.2, 0.25) is 6.54 Å². The van der Waals surface area contributed by atoms with E-state index >= 15 is 0 Å². The maximum atomic E-state index is 12.4. The molecule has 8 nitrogen and oxygen atoms in total. The summed E-state index contributed by atoms with van der Waals surface area (Å²) in [4.78, 5) is 35.2. The second-order valence-electron chi connectivity index (χ2n) is 7.96. The molecule has 4 rings (SSSR count). The molecule has 180 valence electrons. The van der Waals surface area contributed by atoms with Gasteiger partial charge in [0.1, 0.15) is 16.5 Å². The minimum Gasteiger partial charge on any atom is -0.426 e. The molecule has 0 atom stereocenters. The smallest absolute Gasteiger partial charge is 0.343 e. The quantitative estimate of drug-likeness (QED) is 0.122. The van der Waals surface area contributed by atoms with Crippen molar-refractivity contribution in [1.29, 1.82) is 0 Å². The lowest BCUT2D eigenvalue weighted by molar-refractivity contribution is -0.496. The first-order valence-electron chi connectivity index (χ1n) is 10.8. The van der Waals surface area contributed by atoms with Gasteiger partial charge in [-0.2, -0.15) is 0 Å². The van der Waals surface area contributed by atoms with Gasteiger partial charge in [0.05, 0.1) is 12.0 Å². The third-order valence-corrected chi connectivity index (χ3v) is 5.54. The molecule has 36 heavy (non-hydrogen) atoms. The molecule has 0 fully saturated rings. The number of carbonyl (C=O) groups excluding carboxylic acids is 2. The molecular formula is C27H20N2O6S. The fraction of sp³-hybridized carbons (Fsp3) is 0.0741. The molecule has 0 saturated heterocycles. The molecular weight excluding hydrogens is 480 g/mol. The van der Waals surface area contributed by atoms with Crippen LogP contribution in [0.5, 0.6) is 11.5 Å². The van der Waals surface area contributed by atoms with Crippen molar-refractivity contribution in [2.75, 3.05) is 0 Å². The predicted octanol–water partition coefficient (Wildman–Crippen LogP) is 4.62. The van der Waals surface area contributed by atoms with Crippen LogP contribution in [0.2, 0.25) is 0 Å². The normalized spacial score (nSPS) is 10.6. The number of nitrogens with zero attached hydrogens (tertiary/aromatic N) is 1. The topological polar surface area (TPSA) is 122 Å². The Balaban J connectivity index is 1.39. The monoisotopic (exact) mass is 500 g/mol. The van der Waals surface area contributed by atoms with Crippen molar-refractivity contribution >= 4 is 39.9 Å². The van der Waals surface area contributed by atoms with E-state index in [1.54, 1.807) is 48.5 Å². The first kappa shape index (κ1) is 24.5. The number of fused-ring (bicyclic) bond motifs is 1. The van der Waals surface area contributed by atoms with Gasteiger partial charge in [0.15, 0.2) is 0 Å². The summed E-state index contributed by atoms with van der Waals surface area (Å²) < 4.78 is 10.8. The van der Waals surface area contributed by atoms with E-state index < -0.39 is 16.9 Å². The van der Waals surface area contributed by atoms with Gasteiger partial charge in [-0.3, -0.25) is 14.9 Å². The Morgan fingerprint density at radius 3 is 2.03 bits per heavy atom. The Hall–Kier alpha value is -4.63. The Labute approximate surface area is 211 Å². The van der Waals surface area contributed by atoms with Crippen molar-refractivity contribution in [1.82, 2.24) is 0 Å². The number of hydrogen-bond donors (Lipinski definition) is 1. The van der Waals surface area contributed by atoms with Crippen LogP contribution in [-0.2, 0) is 17.8 Å². The summed E-state index contributed by atoms with van der Waals surface area (Å²) in [7, 11) is 0. The van der Waals surface area contributed by atoms with E-state index in [4.69, 9.17) is 27.4 Å². The zero-order valence-corrected chi connectivity index (χ0v) is 19.7. The summed E-state index contributed by atoms with van der Waals surface area (Å²) in [6, 6.07) is 23.4. The Kier molecular flexibility index (Phi) is 7.31. The molecule has 0 heterocycles. The van der Waals surface area contributed by atoms with Crippen molar-refractivity contribution in [2.45, 2.75) is 13.0 Å². The highest BCUT2D eigenvalue weighted by Crippen LogP contribution is 2.24. The summed E-state index contributed by atoms with van der Waals surface area (Å²) in [5.41, 5.74) is 7.82. The SMILES string of the molecule is NC(=S)c1ccc(OC(=O)Cc2ccc3cc(OC(=O)c4ccc(C[N+](=O)[O-])cc4)ccc3c2)cc1. The van der Waals surface area contributed by atoms with Crippen LogP contribution in [0.4, 0.5) is 0 Å². The van der Waals surface area contributed by atoms with Crippen LogP contribution in [0.3, 0.4) is 0 Å².